The molecule has 198 valence electrons. The number of aromatic carboxylic acids is 1. The Hall–Kier alpha value is -5.15. The first-order valence-corrected chi connectivity index (χ1v) is 13.9. The Kier molecular flexibility index (Phi) is 5.76. The lowest BCUT2D eigenvalue weighted by Crippen LogP contribution is -2.16. The molecule has 0 aliphatic heterocycles. The number of hydrogen-bond acceptors (Lipinski definition) is 2. The highest BCUT2D eigenvalue weighted by Gasteiger charge is 2.35. The smallest absolute Gasteiger partial charge is 0.335 e. The number of benzene rings is 6. The van der Waals surface area contributed by atoms with Gasteiger partial charge in [-0.05, 0) is 92.7 Å². The van der Waals surface area contributed by atoms with Crippen LogP contribution in [0.5, 0.6) is 0 Å². The molecule has 0 heterocycles. The lowest BCUT2D eigenvalue weighted by molar-refractivity contribution is 0.0697. The monoisotopic (exact) mass is 531 g/mol. The fourth-order valence-electron chi connectivity index (χ4n) is 6.20. The summed E-state index contributed by atoms with van der Waals surface area (Å²) >= 11 is 0. The molecule has 0 amide bonds. The van der Waals surface area contributed by atoms with E-state index in [0.29, 0.717) is 0 Å². The van der Waals surface area contributed by atoms with E-state index in [4.69, 9.17) is 0 Å². The molecule has 3 nitrogen and oxygen atoms in total. The molecule has 0 saturated carbocycles. The van der Waals surface area contributed by atoms with E-state index < -0.39 is 5.97 Å². The van der Waals surface area contributed by atoms with Gasteiger partial charge in [0, 0.05) is 22.5 Å². The highest BCUT2D eigenvalue weighted by atomic mass is 16.4. The van der Waals surface area contributed by atoms with Gasteiger partial charge in [-0.15, -0.1) is 0 Å². The van der Waals surface area contributed by atoms with Crippen molar-refractivity contribution in [2.24, 2.45) is 0 Å². The number of rotatable bonds is 5. The maximum Gasteiger partial charge on any atom is 0.335 e. The molecule has 0 unspecified atom stereocenters. The Labute approximate surface area is 240 Å². The molecular weight excluding hydrogens is 502 g/mol. The highest BCUT2D eigenvalue weighted by Crippen LogP contribution is 2.50. The van der Waals surface area contributed by atoms with Crippen molar-refractivity contribution in [1.82, 2.24) is 0 Å². The maximum absolute atomic E-state index is 11.3. The molecule has 0 spiro atoms. The van der Waals surface area contributed by atoms with Crippen molar-refractivity contribution in [1.29, 1.82) is 0 Å². The Morgan fingerprint density at radius 2 is 1.12 bits per heavy atom. The molecule has 0 fully saturated rings. The summed E-state index contributed by atoms with van der Waals surface area (Å²) in [6, 6.07) is 46.2. The molecule has 0 saturated heterocycles. The van der Waals surface area contributed by atoms with Crippen molar-refractivity contribution < 1.29 is 9.90 Å². The Morgan fingerprint density at radius 3 is 1.85 bits per heavy atom. The predicted octanol–water partition coefficient (Wildman–Crippen LogP) is 9.98. The van der Waals surface area contributed by atoms with Crippen molar-refractivity contribution in [3.8, 4) is 22.3 Å². The van der Waals surface area contributed by atoms with Gasteiger partial charge in [-0.1, -0.05) is 98.8 Å². The number of carbonyl (C=O) groups is 1. The molecule has 0 bridgehead atoms. The van der Waals surface area contributed by atoms with Gasteiger partial charge in [0.1, 0.15) is 0 Å². The van der Waals surface area contributed by atoms with Crippen LogP contribution in [0.4, 0.5) is 17.1 Å². The number of carboxylic acids is 1. The van der Waals surface area contributed by atoms with E-state index in [-0.39, 0.29) is 11.0 Å². The van der Waals surface area contributed by atoms with Crippen molar-refractivity contribution in [3.63, 3.8) is 0 Å². The van der Waals surface area contributed by atoms with E-state index in [2.05, 4.69) is 128 Å². The van der Waals surface area contributed by atoms with Crippen molar-refractivity contribution in [2.45, 2.75) is 19.3 Å². The summed E-state index contributed by atoms with van der Waals surface area (Å²) in [5, 5.41) is 11.7. The van der Waals surface area contributed by atoms with E-state index in [1.165, 1.54) is 33.0 Å². The van der Waals surface area contributed by atoms with Crippen LogP contribution < -0.4 is 4.90 Å². The lowest BCUT2D eigenvalue weighted by atomic mass is 9.82. The molecule has 41 heavy (non-hydrogen) atoms. The summed E-state index contributed by atoms with van der Waals surface area (Å²) in [6.07, 6.45) is 0. The maximum atomic E-state index is 11.3. The van der Waals surface area contributed by atoms with Crippen LogP contribution in [-0.4, -0.2) is 11.1 Å². The lowest BCUT2D eigenvalue weighted by Gasteiger charge is -2.28. The number of carboxylic acid groups (broad SMARTS) is 1. The number of hydrogen-bond donors (Lipinski definition) is 1. The van der Waals surface area contributed by atoms with Gasteiger partial charge in [-0.25, -0.2) is 4.79 Å². The molecule has 0 radical (unpaired) electrons. The summed E-state index contributed by atoms with van der Waals surface area (Å²) in [5.41, 5.74) is 10.8. The molecule has 1 aliphatic rings. The summed E-state index contributed by atoms with van der Waals surface area (Å²) in [6.45, 7) is 4.62. The molecule has 0 aromatic heterocycles. The summed E-state index contributed by atoms with van der Waals surface area (Å²) in [5.74, 6) is -0.918. The molecule has 0 atom stereocenters. The van der Waals surface area contributed by atoms with Crippen LogP contribution in [0.3, 0.4) is 0 Å². The van der Waals surface area contributed by atoms with Crippen LogP contribution in [0, 0.1) is 0 Å². The first kappa shape index (κ1) is 24.9. The standard InChI is InChI=1S/C38H29NO2/c1-38(2)35-10-6-5-9-33(35)34-22-21-32(24-36(34)38)39(31-20-17-25-7-3-4-8-29(25)23-31)30-18-15-27(16-19-30)26-11-13-28(14-12-26)37(40)41/h3-24H,1-2H3,(H,40,41). The van der Waals surface area contributed by atoms with Gasteiger partial charge in [0.05, 0.1) is 5.56 Å². The minimum atomic E-state index is -0.918. The molecule has 6 aromatic rings. The van der Waals surface area contributed by atoms with Gasteiger partial charge >= 0.3 is 5.97 Å². The largest absolute Gasteiger partial charge is 0.478 e. The van der Waals surface area contributed by atoms with Gasteiger partial charge in [-0.2, -0.15) is 0 Å². The summed E-state index contributed by atoms with van der Waals surface area (Å²) in [4.78, 5) is 13.6. The third-order valence-corrected chi connectivity index (χ3v) is 8.41. The van der Waals surface area contributed by atoms with Crippen LogP contribution in [0.15, 0.2) is 133 Å². The third-order valence-electron chi connectivity index (χ3n) is 8.41. The van der Waals surface area contributed by atoms with Gasteiger partial charge in [0.25, 0.3) is 0 Å². The van der Waals surface area contributed by atoms with Gasteiger partial charge < -0.3 is 10.0 Å². The SMILES string of the molecule is CC1(C)c2ccccc2-c2ccc(N(c3ccc(-c4ccc(C(=O)O)cc4)cc3)c3ccc4ccccc4c3)cc21. The topological polar surface area (TPSA) is 40.5 Å². The van der Waals surface area contributed by atoms with Crippen LogP contribution >= 0.6 is 0 Å². The van der Waals surface area contributed by atoms with Crippen LogP contribution in [0.1, 0.15) is 35.3 Å². The Bertz CT molecular complexity index is 1940. The van der Waals surface area contributed by atoms with Gasteiger partial charge in [0.2, 0.25) is 0 Å². The molecule has 1 N–H and O–H groups in total. The van der Waals surface area contributed by atoms with Crippen LogP contribution in [0.25, 0.3) is 33.0 Å². The molecular formula is C38H29NO2. The van der Waals surface area contributed by atoms with Crippen molar-refractivity contribution in [3.05, 3.63) is 150 Å². The third kappa shape index (κ3) is 4.18. The average molecular weight is 532 g/mol. The fourth-order valence-corrected chi connectivity index (χ4v) is 6.20. The Morgan fingerprint density at radius 1 is 0.561 bits per heavy atom. The second-order valence-corrected chi connectivity index (χ2v) is 11.2. The second-order valence-electron chi connectivity index (χ2n) is 11.2. The average Bonchev–Trinajstić information content (AvgIpc) is 3.24. The van der Waals surface area contributed by atoms with Crippen molar-refractivity contribution >= 4 is 33.8 Å². The quantitative estimate of drug-likeness (QED) is 0.241. The minimum absolute atomic E-state index is 0.0943. The van der Waals surface area contributed by atoms with E-state index in [9.17, 15) is 9.90 Å². The minimum Gasteiger partial charge on any atom is -0.478 e. The second kappa shape index (κ2) is 9.50. The molecule has 3 heteroatoms. The predicted molar refractivity (Wildman–Crippen MR) is 169 cm³/mol. The zero-order chi connectivity index (χ0) is 28.1. The highest BCUT2D eigenvalue weighted by molar-refractivity contribution is 5.91. The van der Waals surface area contributed by atoms with E-state index in [1.807, 2.05) is 12.1 Å². The number of nitrogens with zero attached hydrogens (tertiary/aromatic N) is 1. The molecule has 1 aliphatic carbocycles. The van der Waals surface area contributed by atoms with Crippen LogP contribution in [-0.2, 0) is 5.41 Å². The first-order chi connectivity index (χ1) is 19.9. The van der Waals surface area contributed by atoms with E-state index in [1.54, 1.807) is 12.1 Å². The first-order valence-electron chi connectivity index (χ1n) is 13.9. The van der Waals surface area contributed by atoms with E-state index in [0.717, 1.165) is 28.2 Å². The zero-order valence-corrected chi connectivity index (χ0v) is 23.0. The molecule has 6 aromatic carbocycles. The van der Waals surface area contributed by atoms with Gasteiger partial charge in [-0.3, -0.25) is 0 Å². The fraction of sp³-hybridized carbons (Fsp3) is 0.0789. The summed E-state index contributed by atoms with van der Waals surface area (Å²) < 4.78 is 0. The zero-order valence-electron chi connectivity index (χ0n) is 23.0. The summed E-state index contributed by atoms with van der Waals surface area (Å²) in [7, 11) is 0. The van der Waals surface area contributed by atoms with Crippen LogP contribution in [0.2, 0.25) is 0 Å². The number of fused-ring (bicyclic) bond motifs is 4. The van der Waals surface area contributed by atoms with E-state index >= 15 is 0 Å². The normalized spacial score (nSPS) is 13.0. The van der Waals surface area contributed by atoms with Gasteiger partial charge in [0.15, 0.2) is 0 Å². The van der Waals surface area contributed by atoms with Crippen molar-refractivity contribution in [2.75, 3.05) is 4.90 Å². The molecule has 7 rings (SSSR count). The number of anilines is 3. The Balaban J connectivity index is 1.35.